The van der Waals surface area contributed by atoms with Crippen LogP contribution in [0.15, 0.2) is 29.2 Å². The summed E-state index contributed by atoms with van der Waals surface area (Å²) in [5.74, 6) is 1.20. The molecule has 1 aromatic carbocycles. The molecule has 21 heavy (non-hydrogen) atoms. The number of thioether (sulfide) groups is 1. The summed E-state index contributed by atoms with van der Waals surface area (Å²) in [6, 6.07) is 8.86. The third-order valence-corrected chi connectivity index (χ3v) is 5.05. The van der Waals surface area contributed by atoms with Gasteiger partial charge in [0.25, 0.3) is 0 Å². The standard InChI is InChI=1S/C19H32OS/c1-4-7-15-21-18-10-8-9-17(16-18)11-14-19(20,12-5-2)13-6-3/h8-10,16,20H,4-7,11-15H2,1-3H3. The Balaban J connectivity index is 2.55. The summed E-state index contributed by atoms with van der Waals surface area (Å²) in [4.78, 5) is 1.37. The van der Waals surface area contributed by atoms with Crippen LogP contribution in [0.5, 0.6) is 0 Å². The average molecular weight is 309 g/mol. The predicted molar refractivity (Wildman–Crippen MR) is 95.2 cm³/mol. The van der Waals surface area contributed by atoms with E-state index in [2.05, 4.69) is 45.0 Å². The Morgan fingerprint density at radius 2 is 1.71 bits per heavy atom. The Hall–Kier alpha value is -0.470. The third-order valence-electron chi connectivity index (χ3n) is 3.97. The largest absolute Gasteiger partial charge is 0.390 e. The number of aliphatic hydroxyl groups is 1. The Labute approximate surface area is 135 Å². The van der Waals surface area contributed by atoms with Crippen LogP contribution in [0.1, 0.15) is 71.3 Å². The van der Waals surface area contributed by atoms with E-state index in [1.807, 2.05) is 11.8 Å². The highest BCUT2D eigenvalue weighted by atomic mass is 32.2. The first kappa shape index (κ1) is 18.6. The second-order valence-electron chi connectivity index (χ2n) is 6.07. The SMILES string of the molecule is CCCCSc1cccc(CCC(O)(CCC)CCC)c1. The van der Waals surface area contributed by atoms with Crippen LogP contribution in [-0.2, 0) is 6.42 Å². The maximum absolute atomic E-state index is 10.7. The van der Waals surface area contributed by atoms with Crippen molar-refractivity contribution < 1.29 is 5.11 Å². The molecule has 0 heterocycles. The third kappa shape index (κ3) is 7.37. The van der Waals surface area contributed by atoms with Gasteiger partial charge in [-0.25, -0.2) is 0 Å². The molecule has 0 fully saturated rings. The zero-order valence-electron chi connectivity index (χ0n) is 14.0. The van der Waals surface area contributed by atoms with Crippen molar-refractivity contribution >= 4 is 11.8 Å². The van der Waals surface area contributed by atoms with Crippen LogP contribution < -0.4 is 0 Å². The molecule has 0 bridgehead atoms. The number of hydrogen-bond acceptors (Lipinski definition) is 2. The summed E-state index contributed by atoms with van der Waals surface area (Å²) in [5.41, 5.74) is 0.900. The summed E-state index contributed by atoms with van der Waals surface area (Å²) >= 11 is 1.95. The first-order chi connectivity index (χ1) is 10.1. The number of rotatable bonds is 11. The Morgan fingerprint density at radius 3 is 2.33 bits per heavy atom. The molecular formula is C19H32OS. The van der Waals surface area contributed by atoms with E-state index in [-0.39, 0.29) is 0 Å². The fraction of sp³-hybridized carbons (Fsp3) is 0.684. The smallest absolute Gasteiger partial charge is 0.0650 e. The van der Waals surface area contributed by atoms with Crippen molar-refractivity contribution in [1.29, 1.82) is 0 Å². The molecule has 0 aliphatic rings. The maximum atomic E-state index is 10.7. The summed E-state index contributed by atoms with van der Waals surface area (Å²) in [6.45, 7) is 6.55. The molecule has 0 unspecified atom stereocenters. The lowest BCUT2D eigenvalue weighted by Gasteiger charge is -2.27. The number of unbranched alkanes of at least 4 members (excludes halogenated alkanes) is 1. The quantitative estimate of drug-likeness (QED) is 0.409. The lowest BCUT2D eigenvalue weighted by atomic mass is 9.87. The van der Waals surface area contributed by atoms with Crippen LogP contribution in [-0.4, -0.2) is 16.5 Å². The van der Waals surface area contributed by atoms with E-state index in [1.165, 1.54) is 29.1 Å². The van der Waals surface area contributed by atoms with Crippen LogP contribution >= 0.6 is 11.8 Å². The molecule has 0 saturated heterocycles. The average Bonchev–Trinajstić information content (AvgIpc) is 2.47. The minimum atomic E-state index is -0.463. The molecule has 1 rings (SSSR count). The van der Waals surface area contributed by atoms with Gasteiger partial charge in [-0.3, -0.25) is 0 Å². The van der Waals surface area contributed by atoms with Crippen molar-refractivity contribution in [2.45, 2.75) is 82.6 Å². The van der Waals surface area contributed by atoms with Crippen molar-refractivity contribution in [3.8, 4) is 0 Å². The van der Waals surface area contributed by atoms with E-state index in [9.17, 15) is 5.11 Å². The van der Waals surface area contributed by atoms with Crippen LogP contribution in [0.2, 0.25) is 0 Å². The van der Waals surface area contributed by atoms with Gasteiger partial charge in [0.1, 0.15) is 0 Å². The van der Waals surface area contributed by atoms with Crippen LogP contribution in [0.25, 0.3) is 0 Å². The minimum Gasteiger partial charge on any atom is -0.390 e. The van der Waals surface area contributed by atoms with E-state index >= 15 is 0 Å². The monoisotopic (exact) mass is 308 g/mol. The molecule has 0 atom stereocenters. The summed E-state index contributed by atoms with van der Waals surface area (Å²) in [7, 11) is 0. The second-order valence-corrected chi connectivity index (χ2v) is 7.24. The second kappa shape index (κ2) is 10.3. The van der Waals surface area contributed by atoms with Gasteiger partial charge in [-0.05, 0) is 55.6 Å². The summed E-state index contributed by atoms with van der Waals surface area (Å²) < 4.78 is 0. The molecule has 0 aliphatic heterocycles. The fourth-order valence-corrected chi connectivity index (χ4v) is 3.89. The Morgan fingerprint density at radius 1 is 1.00 bits per heavy atom. The van der Waals surface area contributed by atoms with Crippen molar-refractivity contribution in [2.75, 3.05) is 5.75 Å². The maximum Gasteiger partial charge on any atom is 0.0650 e. The minimum absolute atomic E-state index is 0.463. The lowest BCUT2D eigenvalue weighted by Crippen LogP contribution is -2.28. The zero-order valence-corrected chi connectivity index (χ0v) is 14.8. The molecule has 0 amide bonds. The van der Waals surface area contributed by atoms with E-state index in [4.69, 9.17) is 0 Å². The highest BCUT2D eigenvalue weighted by Gasteiger charge is 2.24. The highest BCUT2D eigenvalue weighted by Crippen LogP contribution is 2.27. The molecule has 0 aliphatic carbocycles. The zero-order chi connectivity index (χ0) is 15.6. The van der Waals surface area contributed by atoms with Gasteiger partial charge in [0, 0.05) is 4.90 Å². The van der Waals surface area contributed by atoms with Crippen molar-refractivity contribution in [1.82, 2.24) is 0 Å². The van der Waals surface area contributed by atoms with Crippen molar-refractivity contribution in [3.63, 3.8) is 0 Å². The molecule has 1 N–H and O–H groups in total. The highest BCUT2D eigenvalue weighted by molar-refractivity contribution is 7.99. The molecule has 0 saturated carbocycles. The summed E-state index contributed by atoms with van der Waals surface area (Å²) in [6.07, 6.45) is 8.37. The summed E-state index contributed by atoms with van der Waals surface area (Å²) in [5, 5.41) is 10.7. The number of hydrogen-bond donors (Lipinski definition) is 1. The number of aryl methyl sites for hydroxylation is 1. The van der Waals surface area contributed by atoms with E-state index < -0.39 is 5.60 Å². The van der Waals surface area contributed by atoms with E-state index in [1.54, 1.807) is 0 Å². The van der Waals surface area contributed by atoms with Gasteiger partial charge in [0.05, 0.1) is 5.60 Å². The Kier molecular flexibility index (Phi) is 9.10. The van der Waals surface area contributed by atoms with E-state index in [0.717, 1.165) is 38.5 Å². The molecule has 0 aromatic heterocycles. The molecule has 1 aromatic rings. The normalized spacial score (nSPS) is 11.8. The van der Waals surface area contributed by atoms with Crippen LogP contribution in [0.4, 0.5) is 0 Å². The topological polar surface area (TPSA) is 20.2 Å². The first-order valence-electron chi connectivity index (χ1n) is 8.57. The molecule has 0 radical (unpaired) electrons. The molecule has 0 spiro atoms. The molecular weight excluding hydrogens is 276 g/mol. The Bertz CT molecular complexity index is 383. The van der Waals surface area contributed by atoms with E-state index in [0.29, 0.717) is 0 Å². The lowest BCUT2D eigenvalue weighted by molar-refractivity contribution is 0.0132. The van der Waals surface area contributed by atoms with Crippen molar-refractivity contribution in [2.24, 2.45) is 0 Å². The van der Waals surface area contributed by atoms with Gasteiger partial charge in [-0.2, -0.15) is 0 Å². The first-order valence-corrected chi connectivity index (χ1v) is 9.56. The van der Waals surface area contributed by atoms with Gasteiger partial charge in [-0.1, -0.05) is 52.2 Å². The van der Waals surface area contributed by atoms with Gasteiger partial charge in [0.15, 0.2) is 0 Å². The molecule has 2 heteroatoms. The fourth-order valence-electron chi connectivity index (χ4n) is 2.81. The van der Waals surface area contributed by atoms with Gasteiger partial charge in [0.2, 0.25) is 0 Å². The van der Waals surface area contributed by atoms with Gasteiger partial charge >= 0.3 is 0 Å². The molecule has 1 nitrogen and oxygen atoms in total. The van der Waals surface area contributed by atoms with Gasteiger partial charge < -0.3 is 5.11 Å². The van der Waals surface area contributed by atoms with Crippen LogP contribution in [0.3, 0.4) is 0 Å². The number of benzene rings is 1. The van der Waals surface area contributed by atoms with Crippen LogP contribution in [0, 0.1) is 0 Å². The predicted octanol–water partition coefficient (Wildman–Crippen LogP) is 5.84. The van der Waals surface area contributed by atoms with Gasteiger partial charge in [-0.15, -0.1) is 11.8 Å². The molecule has 120 valence electrons. The van der Waals surface area contributed by atoms with Crippen molar-refractivity contribution in [3.05, 3.63) is 29.8 Å².